The first-order valence-electron chi connectivity index (χ1n) is 3.39. The monoisotopic (exact) mass is 129 g/mol. The lowest BCUT2D eigenvalue weighted by atomic mass is 10.2. The molecule has 1 rings (SSSR count). The van der Waals surface area contributed by atoms with Crippen molar-refractivity contribution in [3.05, 3.63) is 0 Å². The molecule has 53 valence electrons. The van der Waals surface area contributed by atoms with Crippen LogP contribution in [-0.4, -0.2) is 36.9 Å². The first-order chi connectivity index (χ1) is 4.34. The van der Waals surface area contributed by atoms with E-state index in [2.05, 4.69) is 10.6 Å². The summed E-state index contributed by atoms with van der Waals surface area (Å²) in [5, 5.41) is 16.4. The Morgan fingerprint density at radius 2 is 2.44 bits per heavy atom. The maximum absolute atomic E-state index is 9.16. The summed E-state index contributed by atoms with van der Waals surface area (Å²) in [4.78, 5) is 0. The van der Waals surface area contributed by atoms with E-state index in [-0.39, 0.29) is 12.1 Å². The van der Waals surface area contributed by atoms with Crippen LogP contribution < -0.4 is 10.6 Å². The Morgan fingerprint density at radius 3 is 2.89 bits per heavy atom. The van der Waals surface area contributed by atoms with E-state index in [0.29, 0.717) is 6.54 Å². The molecule has 9 heavy (non-hydrogen) atoms. The third kappa shape index (κ3) is 1.64. The number of nitrogens with one attached hydrogen (secondary N) is 1. The maximum atomic E-state index is 9.16. The van der Waals surface area contributed by atoms with Gasteiger partial charge < -0.3 is 10.4 Å². The van der Waals surface area contributed by atoms with Crippen molar-refractivity contribution >= 4 is 0 Å². The number of aliphatic hydroxyl groups excluding tert-OH is 1. The normalized spacial score (nSPS) is 35.3. The molecule has 2 N–H and O–H groups in total. The zero-order valence-electron chi connectivity index (χ0n) is 5.67. The van der Waals surface area contributed by atoms with Crippen molar-refractivity contribution < 1.29 is 5.11 Å². The molecule has 0 aromatic carbocycles. The molecular weight excluding hydrogens is 116 g/mol. The highest BCUT2D eigenvalue weighted by atomic mass is 16.3. The van der Waals surface area contributed by atoms with Crippen molar-refractivity contribution in [1.82, 2.24) is 10.6 Å². The van der Waals surface area contributed by atoms with Gasteiger partial charge in [0.25, 0.3) is 0 Å². The van der Waals surface area contributed by atoms with Crippen molar-refractivity contribution in [3.8, 4) is 0 Å². The second-order valence-corrected chi connectivity index (χ2v) is 2.32. The van der Waals surface area contributed by atoms with Gasteiger partial charge in [0.1, 0.15) is 0 Å². The molecular formula is C6H13N2O. The molecule has 0 amide bonds. The van der Waals surface area contributed by atoms with E-state index in [4.69, 9.17) is 5.11 Å². The van der Waals surface area contributed by atoms with Crippen molar-refractivity contribution in [1.29, 1.82) is 0 Å². The van der Waals surface area contributed by atoms with Crippen LogP contribution in [0.5, 0.6) is 0 Å². The molecule has 0 aromatic rings. The Balaban J connectivity index is 2.22. The average Bonchev–Trinajstić information content (AvgIpc) is 2.18. The van der Waals surface area contributed by atoms with E-state index < -0.39 is 0 Å². The van der Waals surface area contributed by atoms with Gasteiger partial charge in [-0.25, -0.2) is 5.32 Å². The fraction of sp³-hybridized carbons (Fsp3) is 1.00. The number of hydrogen-bond donors (Lipinski definition) is 2. The Kier molecular flexibility index (Phi) is 2.45. The molecule has 1 fully saturated rings. The van der Waals surface area contributed by atoms with Crippen LogP contribution in [0.25, 0.3) is 0 Å². The van der Waals surface area contributed by atoms with Crippen molar-refractivity contribution in [3.63, 3.8) is 0 Å². The molecule has 0 aliphatic carbocycles. The van der Waals surface area contributed by atoms with Crippen LogP contribution in [0, 0.1) is 0 Å². The van der Waals surface area contributed by atoms with Gasteiger partial charge in [-0.15, -0.1) is 0 Å². The molecule has 1 aliphatic heterocycles. The summed E-state index contributed by atoms with van der Waals surface area (Å²) in [5.74, 6) is 0. The summed E-state index contributed by atoms with van der Waals surface area (Å²) in [5.41, 5.74) is 0. The smallest absolute Gasteiger partial charge is 0.0847 e. The molecule has 0 aromatic heterocycles. The number of hydrogen-bond acceptors (Lipinski definition) is 2. The van der Waals surface area contributed by atoms with Crippen LogP contribution in [0.4, 0.5) is 0 Å². The van der Waals surface area contributed by atoms with Gasteiger partial charge in [-0.1, -0.05) is 6.92 Å². The summed E-state index contributed by atoms with van der Waals surface area (Å²) in [7, 11) is 0. The topological polar surface area (TPSA) is 46.4 Å². The number of aliphatic hydroxyl groups is 1. The van der Waals surface area contributed by atoms with Crippen LogP contribution in [-0.2, 0) is 0 Å². The largest absolute Gasteiger partial charge is 0.390 e. The Hall–Kier alpha value is -0.120. The second-order valence-electron chi connectivity index (χ2n) is 2.32. The molecule has 0 bridgehead atoms. The van der Waals surface area contributed by atoms with Crippen molar-refractivity contribution in [2.45, 2.75) is 19.1 Å². The zero-order chi connectivity index (χ0) is 6.69. The highest BCUT2D eigenvalue weighted by Crippen LogP contribution is 1.99. The summed E-state index contributed by atoms with van der Waals surface area (Å²) >= 11 is 0. The van der Waals surface area contributed by atoms with Gasteiger partial charge in [-0.3, -0.25) is 0 Å². The minimum Gasteiger partial charge on any atom is -0.390 e. The lowest BCUT2D eigenvalue weighted by molar-refractivity contribution is 0.164. The standard InChI is InChI=1S/C6H13N2O/c1-2-8-5-3-7-4-6(5)9/h5-6,8-9H,2-4H2,1H3. The SMILES string of the molecule is CCNC1C[N]CC1O. The molecule has 3 heteroatoms. The Morgan fingerprint density at radius 1 is 1.67 bits per heavy atom. The number of nitrogens with zero attached hydrogens (tertiary/aromatic N) is 1. The van der Waals surface area contributed by atoms with E-state index in [1.54, 1.807) is 0 Å². The minimum atomic E-state index is -0.245. The lowest BCUT2D eigenvalue weighted by Crippen LogP contribution is -2.38. The number of rotatable bonds is 2. The molecule has 1 aliphatic rings. The minimum absolute atomic E-state index is 0.218. The quantitative estimate of drug-likeness (QED) is 0.499. The molecule has 0 saturated carbocycles. The van der Waals surface area contributed by atoms with Gasteiger partial charge in [-0.2, -0.15) is 0 Å². The Labute approximate surface area is 55.5 Å². The molecule has 1 radical (unpaired) electrons. The third-order valence-electron chi connectivity index (χ3n) is 1.57. The maximum Gasteiger partial charge on any atom is 0.0847 e. The predicted octanol–water partition coefficient (Wildman–Crippen LogP) is -1.06. The predicted molar refractivity (Wildman–Crippen MR) is 35.3 cm³/mol. The molecule has 2 atom stereocenters. The molecule has 1 saturated heterocycles. The molecule has 0 spiro atoms. The van der Waals surface area contributed by atoms with Crippen LogP contribution in [0.15, 0.2) is 0 Å². The van der Waals surface area contributed by atoms with E-state index in [1.165, 1.54) is 0 Å². The summed E-state index contributed by atoms with van der Waals surface area (Å²) in [6, 6.07) is 0.218. The van der Waals surface area contributed by atoms with Gasteiger partial charge in [0.2, 0.25) is 0 Å². The van der Waals surface area contributed by atoms with E-state index in [1.807, 2.05) is 6.92 Å². The Bertz CT molecular complexity index is 87.1. The molecule has 3 nitrogen and oxygen atoms in total. The van der Waals surface area contributed by atoms with Gasteiger partial charge in [0.15, 0.2) is 0 Å². The van der Waals surface area contributed by atoms with Crippen LogP contribution in [0.2, 0.25) is 0 Å². The fourth-order valence-corrected chi connectivity index (χ4v) is 1.06. The van der Waals surface area contributed by atoms with Crippen LogP contribution in [0.3, 0.4) is 0 Å². The van der Waals surface area contributed by atoms with Crippen LogP contribution in [0.1, 0.15) is 6.92 Å². The van der Waals surface area contributed by atoms with Gasteiger partial charge in [0.05, 0.1) is 6.10 Å². The first-order valence-corrected chi connectivity index (χ1v) is 3.39. The van der Waals surface area contributed by atoms with E-state index in [0.717, 1.165) is 13.1 Å². The summed E-state index contributed by atoms with van der Waals surface area (Å²) < 4.78 is 0. The van der Waals surface area contributed by atoms with Crippen LogP contribution >= 0.6 is 0 Å². The van der Waals surface area contributed by atoms with E-state index >= 15 is 0 Å². The first kappa shape index (κ1) is 6.99. The lowest BCUT2D eigenvalue weighted by Gasteiger charge is -2.12. The van der Waals surface area contributed by atoms with Crippen molar-refractivity contribution in [2.75, 3.05) is 19.6 Å². The molecule has 2 unspecified atom stereocenters. The summed E-state index contributed by atoms with van der Waals surface area (Å²) in [6.45, 7) is 4.33. The summed E-state index contributed by atoms with van der Waals surface area (Å²) in [6.07, 6.45) is -0.245. The third-order valence-corrected chi connectivity index (χ3v) is 1.57. The average molecular weight is 129 g/mol. The number of likely N-dealkylation sites (N-methyl/N-ethyl adjacent to an activating group) is 1. The van der Waals surface area contributed by atoms with Gasteiger partial charge in [0, 0.05) is 19.1 Å². The van der Waals surface area contributed by atoms with Gasteiger partial charge in [-0.05, 0) is 6.54 Å². The zero-order valence-corrected chi connectivity index (χ0v) is 5.67. The van der Waals surface area contributed by atoms with Crippen molar-refractivity contribution in [2.24, 2.45) is 0 Å². The fourth-order valence-electron chi connectivity index (χ4n) is 1.06. The molecule has 1 heterocycles. The second kappa shape index (κ2) is 3.15. The highest BCUT2D eigenvalue weighted by Gasteiger charge is 2.24. The van der Waals surface area contributed by atoms with Gasteiger partial charge >= 0.3 is 0 Å². The van der Waals surface area contributed by atoms with E-state index in [9.17, 15) is 0 Å². The highest BCUT2D eigenvalue weighted by molar-refractivity contribution is 4.85.